The molecular weight excluding hydrogens is 424 g/mol. The van der Waals surface area contributed by atoms with Gasteiger partial charge in [-0.2, -0.15) is 0 Å². The van der Waals surface area contributed by atoms with Crippen molar-refractivity contribution >= 4 is 5.97 Å². The van der Waals surface area contributed by atoms with Gasteiger partial charge in [-0.05, 0) is 110 Å². The smallest absolute Gasteiger partial charge is 0.306 e. The van der Waals surface area contributed by atoms with Gasteiger partial charge in [0.2, 0.25) is 0 Å². The zero-order valence-electron chi connectivity index (χ0n) is 21.1. The highest BCUT2D eigenvalue weighted by molar-refractivity contribution is 5.69. The number of hydrogen-bond acceptors (Lipinski definition) is 4. The Morgan fingerprint density at radius 1 is 0.971 bits per heavy atom. The first-order valence-corrected chi connectivity index (χ1v) is 13.9. The van der Waals surface area contributed by atoms with E-state index in [9.17, 15) is 15.0 Å². The van der Waals surface area contributed by atoms with Gasteiger partial charge in [0.05, 0.1) is 12.2 Å². The van der Waals surface area contributed by atoms with Gasteiger partial charge in [-0.3, -0.25) is 4.79 Å². The molecule has 0 spiro atoms. The number of esters is 1. The fraction of sp³-hybridized carbons (Fsp3) is 0.767. The van der Waals surface area contributed by atoms with Crippen LogP contribution in [0.15, 0.2) is 30.3 Å². The summed E-state index contributed by atoms with van der Waals surface area (Å²) in [5.74, 6) is 2.63. The second kappa shape index (κ2) is 9.58. The summed E-state index contributed by atoms with van der Waals surface area (Å²) in [6.07, 6.45) is 10.8. The zero-order chi connectivity index (χ0) is 23.9. The van der Waals surface area contributed by atoms with Gasteiger partial charge < -0.3 is 14.9 Å². The molecule has 4 aliphatic carbocycles. The van der Waals surface area contributed by atoms with E-state index in [1.165, 1.54) is 25.7 Å². The van der Waals surface area contributed by atoms with Gasteiger partial charge in [-0.1, -0.05) is 44.2 Å². The normalized spacial score (nSPS) is 43.5. The van der Waals surface area contributed by atoms with Crippen LogP contribution in [-0.4, -0.2) is 28.4 Å². The van der Waals surface area contributed by atoms with Crippen molar-refractivity contribution in [3.8, 4) is 0 Å². The Morgan fingerprint density at radius 3 is 2.50 bits per heavy atom. The van der Waals surface area contributed by atoms with Gasteiger partial charge in [0.1, 0.15) is 6.61 Å². The van der Waals surface area contributed by atoms with Crippen molar-refractivity contribution in [1.82, 2.24) is 0 Å². The molecule has 4 unspecified atom stereocenters. The van der Waals surface area contributed by atoms with E-state index in [0.29, 0.717) is 42.6 Å². The first kappa shape index (κ1) is 24.3. The number of aliphatic hydroxyl groups excluding tert-OH is 2. The summed E-state index contributed by atoms with van der Waals surface area (Å²) in [5.41, 5.74) is 1.60. The molecule has 1 aromatic rings. The van der Waals surface area contributed by atoms with Crippen molar-refractivity contribution < 1.29 is 19.7 Å². The van der Waals surface area contributed by atoms with Gasteiger partial charge in [0.25, 0.3) is 0 Å². The molecule has 0 heterocycles. The minimum Gasteiger partial charge on any atom is -0.461 e. The summed E-state index contributed by atoms with van der Waals surface area (Å²) >= 11 is 0. The second-order valence-corrected chi connectivity index (χ2v) is 12.6. The van der Waals surface area contributed by atoms with E-state index in [4.69, 9.17) is 4.74 Å². The first-order valence-electron chi connectivity index (χ1n) is 13.9. The number of rotatable bonds is 6. The predicted octanol–water partition coefficient (Wildman–Crippen LogP) is 5.89. The molecular formula is C30H44O4. The van der Waals surface area contributed by atoms with E-state index in [2.05, 4.69) is 13.8 Å². The first-order chi connectivity index (χ1) is 16.3. The van der Waals surface area contributed by atoms with Crippen molar-refractivity contribution in [2.75, 3.05) is 0 Å². The number of hydrogen-bond donors (Lipinski definition) is 2. The number of carbonyl (C=O) groups excluding carboxylic acids is 1. The van der Waals surface area contributed by atoms with Crippen LogP contribution in [0, 0.1) is 40.4 Å². The Balaban J connectivity index is 1.18. The maximum atomic E-state index is 12.3. The molecule has 4 fully saturated rings. The summed E-state index contributed by atoms with van der Waals surface area (Å²) in [5, 5.41) is 21.6. The van der Waals surface area contributed by atoms with E-state index in [0.717, 1.165) is 44.1 Å². The molecule has 0 saturated heterocycles. The molecule has 2 N–H and O–H groups in total. The van der Waals surface area contributed by atoms with E-state index >= 15 is 0 Å². The molecule has 0 bridgehead atoms. The van der Waals surface area contributed by atoms with E-state index < -0.39 is 0 Å². The molecule has 4 nitrogen and oxygen atoms in total. The van der Waals surface area contributed by atoms with Crippen LogP contribution in [0.4, 0.5) is 0 Å². The molecule has 0 radical (unpaired) electrons. The molecule has 0 amide bonds. The van der Waals surface area contributed by atoms with Crippen LogP contribution in [0.1, 0.15) is 90.0 Å². The average Bonchev–Trinajstić information content (AvgIpc) is 3.16. The topological polar surface area (TPSA) is 66.8 Å². The molecule has 4 saturated carbocycles. The largest absolute Gasteiger partial charge is 0.461 e. The van der Waals surface area contributed by atoms with E-state index in [1.54, 1.807) is 0 Å². The number of ether oxygens (including phenoxy) is 1. The monoisotopic (exact) mass is 468 g/mol. The highest BCUT2D eigenvalue weighted by Crippen LogP contribution is 2.67. The summed E-state index contributed by atoms with van der Waals surface area (Å²) in [6, 6.07) is 9.88. The van der Waals surface area contributed by atoms with Crippen LogP contribution in [-0.2, 0) is 16.1 Å². The fourth-order valence-corrected chi connectivity index (χ4v) is 9.09. The van der Waals surface area contributed by atoms with Crippen LogP contribution in [0.2, 0.25) is 0 Å². The van der Waals surface area contributed by atoms with Gasteiger partial charge in [0.15, 0.2) is 0 Å². The molecule has 9 atom stereocenters. The summed E-state index contributed by atoms with van der Waals surface area (Å²) < 4.78 is 5.49. The lowest BCUT2D eigenvalue weighted by Gasteiger charge is -2.62. The van der Waals surface area contributed by atoms with Crippen LogP contribution >= 0.6 is 0 Å². The molecule has 4 aliphatic rings. The van der Waals surface area contributed by atoms with Gasteiger partial charge in [-0.15, -0.1) is 0 Å². The van der Waals surface area contributed by atoms with E-state index in [1.807, 2.05) is 30.3 Å². The number of fused-ring (bicyclic) bond motifs is 5. The van der Waals surface area contributed by atoms with Crippen molar-refractivity contribution in [2.45, 2.75) is 103 Å². The number of benzene rings is 1. The number of aliphatic hydroxyl groups is 2. The van der Waals surface area contributed by atoms with E-state index in [-0.39, 0.29) is 29.0 Å². The lowest BCUT2D eigenvalue weighted by molar-refractivity contribution is -0.172. The van der Waals surface area contributed by atoms with Crippen molar-refractivity contribution in [3.05, 3.63) is 35.9 Å². The lowest BCUT2D eigenvalue weighted by Crippen LogP contribution is -2.58. The second-order valence-electron chi connectivity index (χ2n) is 12.6. The van der Waals surface area contributed by atoms with Crippen molar-refractivity contribution in [1.29, 1.82) is 0 Å². The molecule has 188 valence electrons. The maximum absolute atomic E-state index is 12.3. The standard InChI is InChI=1S/C30H44O4/c1-29-16-14-25-28(26(32)18-22-17-23(31)13-15-30(22,25)2)24(29)12-11-21(29)9-6-10-27(33)34-19-20-7-4-3-5-8-20/h3-5,7-8,21-26,28,31-32H,6,9-19H2,1-2H3/t21?,22-,23+,24?,25?,26-,28?,29+,30-/m0/s1. The SMILES string of the molecule is C[C@]12CCC3C(C1CCC2CCCC(=O)OCc1ccccc1)[C@@H](O)C[C@@H]1C[C@H](O)CC[C@]31C. The average molecular weight is 469 g/mol. The van der Waals surface area contributed by atoms with Crippen molar-refractivity contribution in [2.24, 2.45) is 40.4 Å². The summed E-state index contributed by atoms with van der Waals surface area (Å²) in [7, 11) is 0. The molecule has 0 aromatic heterocycles. The predicted molar refractivity (Wildman–Crippen MR) is 133 cm³/mol. The molecule has 1 aromatic carbocycles. The van der Waals surface area contributed by atoms with Crippen LogP contribution < -0.4 is 0 Å². The molecule has 5 rings (SSSR count). The molecule has 4 heteroatoms. The zero-order valence-corrected chi connectivity index (χ0v) is 21.1. The van der Waals surface area contributed by atoms with Gasteiger partial charge in [0, 0.05) is 6.42 Å². The Bertz CT molecular complexity index is 855. The Kier molecular flexibility index (Phi) is 6.85. The third-order valence-corrected chi connectivity index (χ3v) is 11.0. The minimum atomic E-state index is -0.218. The highest BCUT2D eigenvalue weighted by Gasteiger charge is 2.62. The summed E-state index contributed by atoms with van der Waals surface area (Å²) in [6.45, 7) is 5.33. The minimum absolute atomic E-state index is 0.0894. The fourth-order valence-electron chi connectivity index (χ4n) is 9.09. The quantitative estimate of drug-likeness (QED) is 0.511. The van der Waals surface area contributed by atoms with Crippen LogP contribution in [0.3, 0.4) is 0 Å². The summed E-state index contributed by atoms with van der Waals surface area (Å²) in [4.78, 5) is 12.3. The van der Waals surface area contributed by atoms with Gasteiger partial charge in [-0.25, -0.2) is 0 Å². The highest BCUT2D eigenvalue weighted by atomic mass is 16.5. The Hall–Kier alpha value is -1.39. The third-order valence-electron chi connectivity index (χ3n) is 11.0. The lowest BCUT2D eigenvalue weighted by atomic mass is 9.44. The molecule has 0 aliphatic heterocycles. The van der Waals surface area contributed by atoms with Crippen LogP contribution in [0.25, 0.3) is 0 Å². The third kappa shape index (κ3) is 4.34. The van der Waals surface area contributed by atoms with Crippen LogP contribution in [0.5, 0.6) is 0 Å². The maximum Gasteiger partial charge on any atom is 0.306 e. The van der Waals surface area contributed by atoms with Crippen molar-refractivity contribution in [3.63, 3.8) is 0 Å². The van der Waals surface area contributed by atoms with Gasteiger partial charge >= 0.3 is 5.97 Å². The Morgan fingerprint density at radius 2 is 1.71 bits per heavy atom. The Labute approximate surface area is 205 Å². The number of carbonyl (C=O) groups is 1. The molecule has 34 heavy (non-hydrogen) atoms.